The number of rotatable bonds is 5. The second-order valence-corrected chi connectivity index (χ2v) is 9.25. The topological polar surface area (TPSA) is 26.7 Å². The number of alkyl halides is 6. The molecule has 0 radical (unpaired) electrons. The van der Waals surface area contributed by atoms with Crippen LogP contribution in [-0.2, 0) is 6.18 Å². The average Bonchev–Trinajstić information content (AvgIpc) is 2.80. The van der Waals surface area contributed by atoms with Gasteiger partial charge in [-0.25, -0.2) is 0 Å². The lowest BCUT2D eigenvalue weighted by Crippen LogP contribution is -2.50. The molecular weight excluding hydrogens is 458 g/mol. The number of nitrogens with zero attached hydrogens (tertiary/aromatic N) is 2. The van der Waals surface area contributed by atoms with Crippen LogP contribution in [0.1, 0.15) is 49.3 Å². The van der Waals surface area contributed by atoms with E-state index < -0.39 is 36.6 Å². The molecule has 2 aliphatic rings. The number of fused-ring (bicyclic) bond motifs is 1. The van der Waals surface area contributed by atoms with Gasteiger partial charge < -0.3 is 14.9 Å². The molecule has 186 valence electrons. The van der Waals surface area contributed by atoms with Gasteiger partial charge in [0.2, 0.25) is 0 Å². The summed E-state index contributed by atoms with van der Waals surface area (Å²) in [6, 6.07) is 11.0. The fraction of sp³-hybridized carbons (Fsp3) is 0.520. The van der Waals surface area contributed by atoms with Crippen LogP contribution < -0.4 is 9.80 Å². The van der Waals surface area contributed by atoms with Gasteiger partial charge in [0.1, 0.15) is 0 Å². The van der Waals surface area contributed by atoms with Gasteiger partial charge in [-0.15, -0.1) is 0 Å². The maximum Gasteiger partial charge on any atom is 0.416 e. The highest BCUT2D eigenvalue weighted by Gasteiger charge is 2.43. The Labute approximate surface area is 195 Å². The lowest BCUT2D eigenvalue weighted by Gasteiger charge is -2.47. The molecule has 1 N–H and O–H groups in total. The Balaban J connectivity index is 1.74. The van der Waals surface area contributed by atoms with E-state index in [2.05, 4.69) is 4.90 Å². The number of aliphatic hydroxyl groups excluding tert-OH is 1. The molecule has 0 saturated heterocycles. The maximum absolute atomic E-state index is 13.4. The molecule has 9 heteroatoms. The fourth-order valence-electron chi connectivity index (χ4n) is 5.13. The van der Waals surface area contributed by atoms with Crippen LogP contribution in [-0.4, -0.2) is 37.0 Å². The van der Waals surface area contributed by atoms with Crippen LogP contribution in [0.25, 0.3) is 0 Å². The Hall–Kier alpha value is -2.42. The second kappa shape index (κ2) is 9.68. The first-order valence-corrected chi connectivity index (χ1v) is 11.6. The standard InChI is InChI=1S/C25H28F6N2O/c26-24(27,28)19-10-6-9-18(13-19)22-15-32(14-17-7-2-1-3-8-17)20-11-4-5-12-21(20)33(22)16-23(34)25(29,30)31/h4-6,9-13,17,22-23,34H,1-3,7-8,14-16H2/t22-,23+/m0/s1. The number of benzene rings is 2. The molecule has 1 saturated carbocycles. The Morgan fingerprint density at radius 3 is 2.21 bits per heavy atom. The van der Waals surface area contributed by atoms with E-state index in [1.165, 1.54) is 23.5 Å². The molecule has 1 heterocycles. The summed E-state index contributed by atoms with van der Waals surface area (Å²) >= 11 is 0. The van der Waals surface area contributed by atoms with Gasteiger partial charge in [0.15, 0.2) is 6.10 Å². The van der Waals surface area contributed by atoms with Crippen molar-refractivity contribution in [2.75, 3.05) is 29.4 Å². The first kappa shape index (κ1) is 24.7. The van der Waals surface area contributed by atoms with E-state index in [0.29, 0.717) is 18.2 Å². The van der Waals surface area contributed by atoms with E-state index in [4.69, 9.17) is 0 Å². The van der Waals surface area contributed by atoms with E-state index >= 15 is 0 Å². The Morgan fingerprint density at radius 2 is 1.56 bits per heavy atom. The maximum atomic E-state index is 13.4. The third-order valence-corrected chi connectivity index (χ3v) is 6.85. The van der Waals surface area contributed by atoms with E-state index in [1.54, 1.807) is 18.2 Å². The molecule has 0 bridgehead atoms. The third kappa shape index (κ3) is 5.45. The van der Waals surface area contributed by atoms with Crippen molar-refractivity contribution in [3.05, 3.63) is 59.7 Å². The molecule has 1 aliphatic carbocycles. The monoisotopic (exact) mass is 486 g/mol. The lowest BCUT2D eigenvalue weighted by atomic mass is 9.88. The predicted octanol–water partition coefficient (Wildman–Crippen LogP) is 6.58. The summed E-state index contributed by atoms with van der Waals surface area (Å²) in [5, 5.41) is 9.88. The molecule has 1 fully saturated rings. The Kier molecular flexibility index (Phi) is 7.03. The highest BCUT2D eigenvalue weighted by atomic mass is 19.4. The molecule has 34 heavy (non-hydrogen) atoms. The SMILES string of the molecule is O[C@H](CN1c2ccccc2N(CC2CCCCC2)C[C@H]1c1cccc(C(F)(F)F)c1)C(F)(F)F. The molecule has 2 atom stereocenters. The molecule has 4 rings (SSSR count). The molecule has 0 unspecified atom stereocenters. The number of anilines is 2. The van der Waals surface area contributed by atoms with Crippen LogP contribution >= 0.6 is 0 Å². The van der Waals surface area contributed by atoms with Gasteiger partial charge >= 0.3 is 12.4 Å². The minimum absolute atomic E-state index is 0.236. The molecule has 3 nitrogen and oxygen atoms in total. The second-order valence-electron chi connectivity index (χ2n) is 9.25. The number of hydrogen-bond acceptors (Lipinski definition) is 3. The van der Waals surface area contributed by atoms with Crippen LogP contribution in [0.3, 0.4) is 0 Å². The summed E-state index contributed by atoms with van der Waals surface area (Å²) in [7, 11) is 0. The summed E-state index contributed by atoms with van der Waals surface area (Å²) in [6.45, 7) is 0.167. The van der Waals surface area contributed by atoms with Crippen LogP contribution in [0, 0.1) is 5.92 Å². The average molecular weight is 486 g/mol. The van der Waals surface area contributed by atoms with Crippen LogP contribution in [0.4, 0.5) is 37.7 Å². The molecule has 0 spiro atoms. The van der Waals surface area contributed by atoms with Crippen LogP contribution in [0.2, 0.25) is 0 Å². The third-order valence-electron chi connectivity index (χ3n) is 6.85. The summed E-state index contributed by atoms with van der Waals surface area (Å²) < 4.78 is 80.1. The molecule has 1 aliphatic heterocycles. The fourth-order valence-corrected chi connectivity index (χ4v) is 5.13. The largest absolute Gasteiger partial charge is 0.416 e. The number of halogens is 6. The molecular formula is C25H28F6N2O. The zero-order valence-corrected chi connectivity index (χ0v) is 18.6. The van der Waals surface area contributed by atoms with E-state index in [0.717, 1.165) is 43.5 Å². The predicted molar refractivity (Wildman–Crippen MR) is 119 cm³/mol. The molecule has 0 aromatic heterocycles. The van der Waals surface area contributed by atoms with Crippen molar-refractivity contribution in [1.29, 1.82) is 0 Å². The summed E-state index contributed by atoms with van der Waals surface area (Å²) in [5.74, 6) is 0.427. The van der Waals surface area contributed by atoms with E-state index in [1.807, 2.05) is 6.07 Å². The number of aliphatic hydroxyl groups is 1. The van der Waals surface area contributed by atoms with Crippen LogP contribution in [0.5, 0.6) is 0 Å². The van der Waals surface area contributed by atoms with Crippen molar-refractivity contribution in [2.45, 2.75) is 56.6 Å². The zero-order valence-electron chi connectivity index (χ0n) is 18.6. The lowest BCUT2D eigenvalue weighted by molar-refractivity contribution is -0.200. The highest BCUT2D eigenvalue weighted by Crippen LogP contribution is 2.43. The Bertz CT molecular complexity index is 970. The first-order chi connectivity index (χ1) is 16.0. The smallest absolute Gasteiger partial charge is 0.382 e. The molecule has 2 aromatic rings. The van der Waals surface area contributed by atoms with Gasteiger partial charge in [-0.2, -0.15) is 26.3 Å². The minimum atomic E-state index is -4.84. The Morgan fingerprint density at radius 1 is 0.882 bits per heavy atom. The van der Waals surface area contributed by atoms with Gasteiger partial charge in [-0.1, -0.05) is 43.5 Å². The highest BCUT2D eigenvalue weighted by molar-refractivity contribution is 5.74. The van der Waals surface area contributed by atoms with Gasteiger partial charge in [0, 0.05) is 13.1 Å². The van der Waals surface area contributed by atoms with Crippen molar-refractivity contribution in [3.8, 4) is 0 Å². The zero-order chi connectivity index (χ0) is 24.5. The first-order valence-electron chi connectivity index (χ1n) is 11.6. The molecule has 2 aromatic carbocycles. The van der Waals surface area contributed by atoms with Crippen molar-refractivity contribution in [3.63, 3.8) is 0 Å². The quantitative estimate of drug-likeness (QED) is 0.484. The van der Waals surface area contributed by atoms with Gasteiger partial charge in [0.25, 0.3) is 0 Å². The number of hydrogen-bond donors (Lipinski definition) is 1. The van der Waals surface area contributed by atoms with Crippen molar-refractivity contribution in [1.82, 2.24) is 0 Å². The summed E-state index contributed by atoms with van der Waals surface area (Å²) in [4.78, 5) is 3.49. The van der Waals surface area contributed by atoms with Gasteiger partial charge in [0.05, 0.1) is 29.5 Å². The van der Waals surface area contributed by atoms with Crippen molar-refractivity contribution >= 4 is 11.4 Å². The summed E-state index contributed by atoms with van der Waals surface area (Å²) in [6.07, 6.45) is -6.48. The normalized spacial score (nSPS) is 20.9. The van der Waals surface area contributed by atoms with Crippen molar-refractivity contribution in [2.24, 2.45) is 5.92 Å². The van der Waals surface area contributed by atoms with Gasteiger partial charge in [-0.05, 0) is 48.6 Å². The number of β-amino-alcohol motifs (C(OH)–C–C–N with tert-alkyl or cyclic N) is 1. The van der Waals surface area contributed by atoms with E-state index in [-0.39, 0.29) is 12.1 Å². The minimum Gasteiger partial charge on any atom is -0.382 e. The molecule has 0 amide bonds. The van der Waals surface area contributed by atoms with Crippen molar-refractivity contribution < 1.29 is 31.4 Å². The van der Waals surface area contributed by atoms with Crippen LogP contribution in [0.15, 0.2) is 48.5 Å². The number of para-hydroxylation sites is 2. The van der Waals surface area contributed by atoms with Gasteiger partial charge in [-0.3, -0.25) is 0 Å². The van der Waals surface area contributed by atoms with E-state index in [9.17, 15) is 31.4 Å². The summed E-state index contributed by atoms with van der Waals surface area (Å²) in [5.41, 5.74) is 0.646.